The van der Waals surface area contributed by atoms with Gasteiger partial charge in [0.1, 0.15) is 0 Å². The van der Waals surface area contributed by atoms with Crippen molar-refractivity contribution in [2.45, 2.75) is 25.4 Å². The number of aromatic amines is 2. The number of ether oxygens (including phenoxy) is 1. The maximum Gasteiger partial charge on any atom is 0.272 e. The van der Waals surface area contributed by atoms with Gasteiger partial charge in [-0.3, -0.25) is 4.79 Å². The Morgan fingerprint density at radius 1 is 1.19 bits per heavy atom. The minimum absolute atomic E-state index is 0.128. The van der Waals surface area contributed by atoms with Gasteiger partial charge in [0.25, 0.3) is 5.56 Å². The third kappa shape index (κ3) is 3.05. The van der Waals surface area contributed by atoms with Crippen LogP contribution in [0.25, 0.3) is 33.1 Å². The lowest BCUT2D eigenvalue weighted by Gasteiger charge is -2.11. The smallest absolute Gasteiger partial charge is 0.272 e. The molecule has 2 aromatic heterocycles. The molecule has 0 saturated heterocycles. The van der Waals surface area contributed by atoms with Gasteiger partial charge in [0.15, 0.2) is 0 Å². The number of H-pyrrole nitrogens is 2. The molecule has 0 aliphatic heterocycles. The molecule has 136 valence electrons. The number of nitrogens with one attached hydrogen (secondary N) is 3. The van der Waals surface area contributed by atoms with Gasteiger partial charge in [-0.1, -0.05) is 24.3 Å². The summed E-state index contributed by atoms with van der Waals surface area (Å²) in [6, 6.07) is 13.0. The Bertz CT molecular complexity index is 1190. The predicted molar refractivity (Wildman–Crippen MR) is 101 cm³/mol. The first-order chi connectivity index (χ1) is 13.2. The second-order valence-electron chi connectivity index (χ2n) is 6.60. The lowest BCUT2D eigenvalue weighted by molar-refractivity contribution is -0.0873. The van der Waals surface area contributed by atoms with E-state index in [1.165, 1.54) is 0 Å². The van der Waals surface area contributed by atoms with Gasteiger partial charge in [0.2, 0.25) is 12.4 Å². The van der Waals surface area contributed by atoms with E-state index < -0.39 is 6.41 Å². The molecule has 8 heteroatoms. The van der Waals surface area contributed by atoms with Crippen LogP contribution in [0.3, 0.4) is 0 Å². The van der Waals surface area contributed by atoms with Crippen LogP contribution in [0, 0.1) is 0 Å². The van der Waals surface area contributed by atoms with Crippen molar-refractivity contribution in [1.82, 2.24) is 20.2 Å². The Morgan fingerprint density at radius 2 is 2.00 bits per heavy atom. The van der Waals surface area contributed by atoms with E-state index in [9.17, 15) is 9.90 Å². The van der Waals surface area contributed by atoms with Crippen molar-refractivity contribution in [3.63, 3.8) is 0 Å². The van der Waals surface area contributed by atoms with E-state index in [4.69, 9.17) is 4.74 Å². The first kappa shape index (κ1) is 16.0. The van der Waals surface area contributed by atoms with Crippen molar-refractivity contribution in [1.29, 1.82) is 0 Å². The molecular weight excluding hydrogens is 346 g/mol. The molecule has 2 aromatic carbocycles. The lowest BCUT2D eigenvalue weighted by atomic mass is 10.0. The van der Waals surface area contributed by atoms with Crippen LogP contribution in [-0.4, -0.2) is 37.8 Å². The molecule has 4 N–H and O–H groups in total. The molecule has 27 heavy (non-hydrogen) atoms. The van der Waals surface area contributed by atoms with Gasteiger partial charge in [-0.25, -0.2) is 10.1 Å². The van der Waals surface area contributed by atoms with Gasteiger partial charge in [0.05, 0.1) is 28.2 Å². The molecule has 0 radical (unpaired) electrons. The number of rotatable bonds is 5. The summed E-state index contributed by atoms with van der Waals surface area (Å²) in [7, 11) is 0. The van der Waals surface area contributed by atoms with Crippen molar-refractivity contribution >= 4 is 27.8 Å². The van der Waals surface area contributed by atoms with Crippen molar-refractivity contribution in [3.8, 4) is 11.3 Å². The van der Waals surface area contributed by atoms with Gasteiger partial charge >= 0.3 is 0 Å². The van der Waals surface area contributed by atoms with E-state index >= 15 is 0 Å². The average Bonchev–Trinajstić information content (AvgIpc) is 3.38. The predicted octanol–water partition coefficient (Wildman–Crippen LogP) is 2.33. The van der Waals surface area contributed by atoms with Crippen LogP contribution in [0.15, 0.2) is 47.3 Å². The average molecular weight is 363 g/mol. The summed E-state index contributed by atoms with van der Waals surface area (Å²) in [5, 5.41) is 20.8. The minimum Gasteiger partial charge on any atom is -0.351 e. The second-order valence-corrected chi connectivity index (χ2v) is 6.60. The molecule has 1 aliphatic rings. The minimum atomic E-state index is -1.10. The number of hydrogen-bond donors (Lipinski definition) is 4. The van der Waals surface area contributed by atoms with Gasteiger partial charge in [0, 0.05) is 10.9 Å². The molecule has 0 spiro atoms. The number of aromatic nitrogens is 4. The van der Waals surface area contributed by atoms with Crippen molar-refractivity contribution in [2.24, 2.45) is 0 Å². The number of hydrogen-bond acceptors (Lipinski definition) is 6. The highest BCUT2D eigenvalue weighted by Crippen LogP contribution is 2.28. The Kier molecular flexibility index (Phi) is 3.66. The molecule has 0 bridgehead atoms. The van der Waals surface area contributed by atoms with Gasteiger partial charge in [-0.15, -0.1) is 0 Å². The molecule has 0 amide bonds. The van der Waals surface area contributed by atoms with Crippen molar-refractivity contribution in [3.05, 3.63) is 52.8 Å². The lowest BCUT2D eigenvalue weighted by Crippen LogP contribution is -2.23. The molecule has 1 fully saturated rings. The largest absolute Gasteiger partial charge is 0.351 e. The fourth-order valence-corrected chi connectivity index (χ4v) is 3.09. The Balaban J connectivity index is 1.51. The summed E-state index contributed by atoms with van der Waals surface area (Å²) >= 11 is 0. The van der Waals surface area contributed by atoms with Gasteiger partial charge < -0.3 is 20.1 Å². The number of aliphatic hydroxyl groups is 1. The van der Waals surface area contributed by atoms with E-state index in [-0.39, 0.29) is 11.7 Å². The Labute approximate surface area is 153 Å². The van der Waals surface area contributed by atoms with Crippen LogP contribution < -0.4 is 10.9 Å². The first-order valence-corrected chi connectivity index (χ1v) is 8.75. The zero-order valence-electron chi connectivity index (χ0n) is 14.3. The highest BCUT2D eigenvalue weighted by molar-refractivity contribution is 5.95. The number of anilines is 1. The highest BCUT2D eigenvalue weighted by atomic mass is 16.6. The maximum atomic E-state index is 12.0. The number of imidazole rings is 1. The molecular formula is C19H17N5O3. The summed E-state index contributed by atoms with van der Waals surface area (Å²) in [5.74, 6) is 0.426. The Morgan fingerprint density at radius 3 is 2.81 bits per heavy atom. The third-order valence-corrected chi connectivity index (χ3v) is 4.56. The van der Waals surface area contributed by atoms with E-state index in [1.54, 1.807) is 6.07 Å². The van der Waals surface area contributed by atoms with Crippen LogP contribution in [0.4, 0.5) is 5.95 Å². The molecule has 1 saturated carbocycles. The summed E-state index contributed by atoms with van der Waals surface area (Å²) in [5.41, 5.74) is 2.83. The molecule has 1 atom stereocenters. The summed E-state index contributed by atoms with van der Waals surface area (Å²) in [6.07, 6.45) is 0.982. The van der Waals surface area contributed by atoms with Crippen molar-refractivity contribution < 1.29 is 9.84 Å². The first-order valence-electron chi connectivity index (χ1n) is 8.75. The number of fused-ring (bicyclic) bond motifs is 2. The van der Waals surface area contributed by atoms with Crippen LogP contribution in [0.5, 0.6) is 0 Å². The van der Waals surface area contributed by atoms with Crippen LogP contribution in [-0.2, 0) is 4.74 Å². The van der Waals surface area contributed by atoms with E-state index in [2.05, 4.69) is 25.5 Å². The third-order valence-electron chi connectivity index (χ3n) is 4.56. The summed E-state index contributed by atoms with van der Waals surface area (Å²) < 4.78 is 5.35. The molecule has 4 aromatic rings. The van der Waals surface area contributed by atoms with Crippen LogP contribution in [0.1, 0.15) is 12.8 Å². The fourth-order valence-electron chi connectivity index (χ4n) is 3.09. The zero-order chi connectivity index (χ0) is 18.4. The second kappa shape index (κ2) is 6.19. The Hall–Kier alpha value is -3.23. The molecule has 1 aliphatic carbocycles. The molecule has 1 unspecified atom stereocenters. The van der Waals surface area contributed by atoms with Gasteiger partial charge in [-0.05, 0) is 31.0 Å². The zero-order valence-corrected chi connectivity index (χ0v) is 14.3. The SMILES string of the molecule is O=c1[nH]nc(-c2ccc3[nH]c(NC(O)OC4CC4)nc3c2)c2ccccc12. The number of benzene rings is 2. The van der Waals surface area contributed by atoms with E-state index in [0.717, 1.165) is 29.3 Å². The van der Waals surface area contributed by atoms with Crippen LogP contribution in [0.2, 0.25) is 0 Å². The normalized spacial score (nSPS) is 15.3. The van der Waals surface area contributed by atoms with Crippen molar-refractivity contribution in [2.75, 3.05) is 5.32 Å². The topological polar surface area (TPSA) is 116 Å². The standard InChI is InChI=1S/C19H17N5O3/c25-17-13-4-2-1-3-12(13)16(23-24-17)10-5-8-14-15(9-10)21-18(20-14)22-19(26)27-11-6-7-11/h1-5,8-9,11,19,26H,6-7H2,(H,24,25)(H2,20,21,22). The molecule has 2 heterocycles. The molecule has 5 rings (SSSR count). The number of aliphatic hydroxyl groups excluding tert-OH is 1. The monoisotopic (exact) mass is 363 g/mol. The quantitative estimate of drug-likeness (QED) is 0.405. The van der Waals surface area contributed by atoms with E-state index in [0.29, 0.717) is 22.5 Å². The summed E-state index contributed by atoms with van der Waals surface area (Å²) in [6.45, 7) is 0. The summed E-state index contributed by atoms with van der Waals surface area (Å²) in [4.78, 5) is 19.5. The number of nitrogens with zero attached hydrogens (tertiary/aromatic N) is 2. The fraction of sp³-hybridized carbons (Fsp3) is 0.211. The molecule has 8 nitrogen and oxygen atoms in total. The highest BCUT2D eigenvalue weighted by Gasteiger charge is 2.25. The van der Waals surface area contributed by atoms with Crippen LogP contribution >= 0.6 is 0 Å². The van der Waals surface area contributed by atoms with E-state index in [1.807, 2.05) is 36.4 Å². The maximum absolute atomic E-state index is 12.0. The van der Waals surface area contributed by atoms with Gasteiger partial charge in [-0.2, -0.15) is 5.10 Å².